The minimum Gasteiger partial charge on any atom is -0.359 e. The molecule has 1 aliphatic rings. The molecule has 0 heterocycles. The number of amides is 2. The smallest absolute Gasteiger partial charge is 0.225 e. The molecule has 1 unspecified atom stereocenters. The van der Waals surface area contributed by atoms with Crippen LogP contribution in [0.5, 0.6) is 0 Å². The predicted octanol–water partition coefficient (Wildman–Crippen LogP) is 0.344. The van der Waals surface area contributed by atoms with Gasteiger partial charge in [0.05, 0.1) is 5.92 Å². The van der Waals surface area contributed by atoms with Crippen LogP contribution in [0.1, 0.15) is 32.6 Å². The summed E-state index contributed by atoms with van der Waals surface area (Å²) in [6.07, 6.45) is 3.60. The average molecular weight is 255 g/mol. The van der Waals surface area contributed by atoms with Gasteiger partial charge < -0.3 is 16.0 Å². The molecule has 2 amide bonds. The van der Waals surface area contributed by atoms with Gasteiger partial charge in [0, 0.05) is 32.6 Å². The Morgan fingerprint density at radius 2 is 1.89 bits per heavy atom. The maximum Gasteiger partial charge on any atom is 0.225 e. The predicted molar refractivity (Wildman–Crippen MR) is 70.8 cm³/mol. The molecular weight excluding hydrogens is 230 g/mol. The van der Waals surface area contributed by atoms with Gasteiger partial charge in [-0.05, 0) is 25.7 Å². The van der Waals surface area contributed by atoms with E-state index in [1.807, 2.05) is 6.92 Å². The van der Waals surface area contributed by atoms with E-state index >= 15 is 0 Å². The number of carbonyl (C=O) groups excluding carboxylic acids is 2. The highest BCUT2D eigenvalue weighted by Gasteiger charge is 2.28. The second-order valence-corrected chi connectivity index (χ2v) is 5.35. The van der Waals surface area contributed by atoms with E-state index in [-0.39, 0.29) is 29.7 Å². The summed E-state index contributed by atoms with van der Waals surface area (Å²) >= 11 is 0. The Kier molecular flexibility index (Phi) is 5.59. The van der Waals surface area contributed by atoms with E-state index in [4.69, 9.17) is 5.73 Å². The Morgan fingerprint density at radius 1 is 1.33 bits per heavy atom. The third-order valence-electron chi connectivity index (χ3n) is 3.74. The van der Waals surface area contributed by atoms with Crippen molar-refractivity contribution in [2.24, 2.45) is 17.6 Å². The number of hydrogen-bond acceptors (Lipinski definition) is 3. The number of nitrogens with one attached hydrogen (secondary N) is 1. The molecule has 5 nitrogen and oxygen atoms in total. The summed E-state index contributed by atoms with van der Waals surface area (Å²) in [4.78, 5) is 25.3. The zero-order chi connectivity index (χ0) is 13.7. The Morgan fingerprint density at radius 3 is 2.39 bits per heavy atom. The van der Waals surface area contributed by atoms with Crippen LogP contribution in [0.2, 0.25) is 0 Å². The minimum atomic E-state index is -0.171. The first kappa shape index (κ1) is 15.0. The normalized spacial score (nSPS) is 25.3. The third kappa shape index (κ3) is 3.98. The first-order chi connectivity index (χ1) is 8.45. The molecule has 104 valence electrons. The van der Waals surface area contributed by atoms with E-state index in [9.17, 15) is 9.59 Å². The number of carbonyl (C=O) groups is 2. The van der Waals surface area contributed by atoms with Gasteiger partial charge in [0.1, 0.15) is 0 Å². The maximum absolute atomic E-state index is 12.2. The van der Waals surface area contributed by atoms with E-state index in [1.165, 1.54) is 0 Å². The van der Waals surface area contributed by atoms with E-state index in [0.29, 0.717) is 6.54 Å². The van der Waals surface area contributed by atoms with Gasteiger partial charge in [0.2, 0.25) is 11.8 Å². The van der Waals surface area contributed by atoms with E-state index < -0.39 is 0 Å². The van der Waals surface area contributed by atoms with Crippen LogP contribution in [0.15, 0.2) is 0 Å². The van der Waals surface area contributed by atoms with Crippen LogP contribution in [0.3, 0.4) is 0 Å². The van der Waals surface area contributed by atoms with Crippen molar-refractivity contribution in [2.75, 3.05) is 20.6 Å². The van der Waals surface area contributed by atoms with Crippen LogP contribution in [-0.4, -0.2) is 43.4 Å². The lowest BCUT2D eigenvalue weighted by Crippen LogP contribution is -2.41. The van der Waals surface area contributed by atoms with Crippen LogP contribution < -0.4 is 11.1 Å². The largest absolute Gasteiger partial charge is 0.359 e. The molecule has 0 saturated heterocycles. The third-order valence-corrected chi connectivity index (χ3v) is 3.74. The molecule has 5 heteroatoms. The van der Waals surface area contributed by atoms with E-state index in [1.54, 1.807) is 19.0 Å². The molecule has 0 bridgehead atoms. The fourth-order valence-electron chi connectivity index (χ4n) is 2.51. The van der Waals surface area contributed by atoms with Gasteiger partial charge in [0.15, 0.2) is 0 Å². The Hall–Kier alpha value is -1.10. The molecule has 1 aliphatic carbocycles. The fraction of sp³-hybridized carbons (Fsp3) is 0.846. The lowest BCUT2D eigenvalue weighted by atomic mass is 9.85. The number of nitrogens with two attached hydrogens (primary N) is 1. The van der Waals surface area contributed by atoms with E-state index in [2.05, 4.69) is 5.32 Å². The molecule has 1 atom stereocenters. The van der Waals surface area contributed by atoms with Gasteiger partial charge in [-0.25, -0.2) is 0 Å². The summed E-state index contributed by atoms with van der Waals surface area (Å²) in [5.41, 5.74) is 5.83. The zero-order valence-corrected chi connectivity index (χ0v) is 11.6. The van der Waals surface area contributed by atoms with Crippen LogP contribution in [0.25, 0.3) is 0 Å². The Labute approximate surface area is 109 Å². The molecule has 18 heavy (non-hydrogen) atoms. The average Bonchev–Trinajstić information content (AvgIpc) is 2.37. The van der Waals surface area contributed by atoms with Crippen LogP contribution >= 0.6 is 0 Å². The molecule has 0 aromatic rings. The van der Waals surface area contributed by atoms with Crippen molar-refractivity contribution in [1.29, 1.82) is 0 Å². The lowest BCUT2D eigenvalue weighted by molar-refractivity contribution is -0.136. The van der Waals surface area contributed by atoms with Crippen molar-refractivity contribution < 1.29 is 9.59 Å². The van der Waals surface area contributed by atoms with Crippen molar-refractivity contribution in [2.45, 2.75) is 38.6 Å². The molecule has 0 aliphatic heterocycles. The van der Waals surface area contributed by atoms with Crippen molar-refractivity contribution in [3.8, 4) is 0 Å². The first-order valence-corrected chi connectivity index (χ1v) is 6.67. The highest BCUT2D eigenvalue weighted by Crippen LogP contribution is 2.24. The first-order valence-electron chi connectivity index (χ1n) is 6.67. The van der Waals surface area contributed by atoms with Gasteiger partial charge in [-0.1, -0.05) is 6.92 Å². The SMILES string of the molecule is CNC(=O)C(C)CN(C)C(=O)C1CCC(N)CC1. The summed E-state index contributed by atoms with van der Waals surface area (Å²) in [5, 5.41) is 2.60. The minimum absolute atomic E-state index is 0.0275. The molecule has 0 aromatic carbocycles. The highest BCUT2D eigenvalue weighted by molar-refractivity contribution is 5.81. The highest BCUT2D eigenvalue weighted by atomic mass is 16.2. The van der Waals surface area contributed by atoms with Gasteiger partial charge in [-0.15, -0.1) is 0 Å². The molecule has 0 radical (unpaired) electrons. The molecule has 3 N–H and O–H groups in total. The lowest BCUT2D eigenvalue weighted by Gasteiger charge is -2.30. The second-order valence-electron chi connectivity index (χ2n) is 5.35. The summed E-state index contributed by atoms with van der Waals surface area (Å²) in [6.45, 7) is 2.31. The van der Waals surface area contributed by atoms with Gasteiger partial charge in [-0.3, -0.25) is 9.59 Å². The molecular formula is C13H25N3O2. The number of rotatable bonds is 4. The van der Waals surface area contributed by atoms with Gasteiger partial charge in [0.25, 0.3) is 0 Å². The summed E-state index contributed by atoms with van der Waals surface area (Å²) in [7, 11) is 3.39. The van der Waals surface area contributed by atoms with Crippen molar-refractivity contribution in [1.82, 2.24) is 10.2 Å². The van der Waals surface area contributed by atoms with E-state index in [0.717, 1.165) is 25.7 Å². The standard InChI is InChI=1S/C13H25N3O2/c1-9(12(17)15-2)8-16(3)13(18)10-4-6-11(14)7-5-10/h9-11H,4-8,14H2,1-3H3,(H,15,17). The second kappa shape index (κ2) is 6.73. The van der Waals surface area contributed by atoms with Crippen LogP contribution in [0.4, 0.5) is 0 Å². The summed E-state index contributed by atoms with van der Waals surface area (Å²) < 4.78 is 0. The molecule has 1 saturated carbocycles. The molecule has 0 spiro atoms. The van der Waals surface area contributed by atoms with Gasteiger partial charge >= 0.3 is 0 Å². The van der Waals surface area contributed by atoms with Crippen LogP contribution in [-0.2, 0) is 9.59 Å². The Balaban J connectivity index is 2.43. The zero-order valence-electron chi connectivity index (χ0n) is 11.6. The van der Waals surface area contributed by atoms with Crippen molar-refractivity contribution in [3.05, 3.63) is 0 Å². The summed E-state index contributed by atoms with van der Waals surface area (Å²) in [6, 6.07) is 0.254. The summed E-state index contributed by atoms with van der Waals surface area (Å²) in [5.74, 6) is 0.0412. The molecule has 1 fully saturated rings. The van der Waals surface area contributed by atoms with Crippen molar-refractivity contribution >= 4 is 11.8 Å². The van der Waals surface area contributed by atoms with Crippen molar-refractivity contribution in [3.63, 3.8) is 0 Å². The molecule has 1 rings (SSSR count). The number of nitrogens with zero attached hydrogens (tertiary/aromatic N) is 1. The maximum atomic E-state index is 12.2. The fourth-order valence-corrected chi connectivity index (χ4v) is 2.51. The Bertz CT molecular complexity index is 299. The quantitative estimate of drug-likeness (QED) is 0.761. The topological polar surface area (TPSA) is 75.4 Å². The van der Waals surface area contributed by atoms with Gasteiger partial charge in [-0.2, -0.15) is 0 Å². The molecule has 0 aromatic heterocycles. The monoisotopic (exact) mass is 255 g/mol. The van der Waals surface area contributed by atoms with Crippen LogP contribution in [0, 0.1) is 11.8 Å². The number of hydrogen-bond donors (Lipinski definition) is 2.